The molecule has 0 aromatic heterocycles. The predicted molar refractivity (Wildman–Crippen MR) is 115 cm³/mol. The molecule has 0 aromatic carbocycles. The van der Waals surface area contributed by atoms with Crippen LogP contribution < -0.4 is 11.1 Å². The van der Waals surface area contributed by atoms with E-state index in [-0.39, 0.29) is 48.4 Å². The van der Waals surface area contributed by atoms with E-state index in [2.05, 4.69) is 25.7 Å². The molecule has 0 heterocycles. The fraction of sp³-hybridized carbons (Fsp3) is 0.810. The van der Waals surface area contributed by atoms with Crippen LogP contribution in [0.3, 0.4) is 0 Å². The molecule has 0 saturated carbocycles. The predicted octanol–water partition coefficient (Wildman–Crippen LogP) is 1.83. The van der Waals surface area contributed by atoms with Crippen molar-refractivity contribution in [3.63, 3.8) is 0 Å². The van der Waals surface area contributed by atoms with Crippen molar-refractivity contribution in [3.05, 3.63) is 12.3 Å². The van der Waals surface area contributed by atoms with E-state index in [9.17, 15) is 9.59 Å². The Bertz CT molecular complexity index is 514. The molecule has 28 heavy (non-hydrogen) atoms. The highest BCUT2D eigenvalue weighted by Gasteiger charge is 2.33. The molecule has 0 radical (unpaired) electrons. The molecular weight excluding hydrogens is 356 g/mol. The van der Waals surface area contributed by atoms with Gasteiger partial charge in [-0.15, -0.1) is 0 Å². The maximum atomic E-state index is 12.8. The van der Waals surface area contributed by atoms with Crippen LogP contribution >= 0.6 is 0 Å². The Hall–Kier alpha value is -1.60. The Kier molecular flexibility index (Phi) is 11.4. The summed E-state index contributed by atoms with van der Waals surface area (Å²) in [5, 5.41) is 3.08. The van der Waals surface area contributed by atoms with Crippen LogP contribution in [0, 0.1) is 11.8 Å². The molecule has 7 heteroatoms. The highest BCUT2D eigenvalue weighted by molar-refractivity contribution is 5.82. The molecule has 0 aliphatic heterocycles. The van der Waals surface area contributed by atoms with Gasteiger partial charge in [0, 0.05) is 19.9 Å². The number of methoxy groups -OCH3 is 1. The molecule has 5 atom stereocenters. The summed E-state index contributed by atoms with van der Waals surface area (Å²) in [7, 11) is 7.33. The average Bonchev–Trinajstić information content (AvgIpc) is 2.58. The number of ether oxygens (including phenoxy) is 1. The van der Waals surface area contributed by atoms with Gasteiger partial charge in [0.25, 0.3) is 0 Å². The number of nitrogens with two attached hydrogens (primary N) is 1. The summed E-state index contributed by atoms with van der Waals surface area (Å²) in [5.41, 5.74) is 6.19. The van der Waals surface area contributed by atoms with Gasteiger partial charge in [-0.2, -0.15) is 0 Å². The van der Waals surface area contributed by atoms with Crippen molar-refractivity contribution in [2.45, 2.75) is 71.7 Å². The van der Waals surface area contributed by atoms with Gasteiger partial charge in [0.1, 0.15) is 0 Å². The van der Waals surface area contributed by atoms with Crippen LogP contribution in [0.5, 0.6) is 0 Å². The zero-order chi connectivity index (χ0) is 22.2. The van der Waals surface area contributed by atoms with Gasteiger partial charge in [0.05, 0.1) is 30.7 Å². The van der Waals surface area contributed by atoms with E-state index in [1.165, 1.54) is 0 Å². The zero-order valence-electron chi connectivity index (χ0n) is 19.3. The van der Waals surface area contributed by atoms with Crippen molar-refractivity contribution < 1.29 is 14.3 Å². The lowest BCUT2D eigenvalue weighted by Crippen LogP contribution is -2.53. The largest absolute Gasteiger partial charge is 0.379 e. The number of rotatable bonds is 13. The molecule has 2 amide bonds. The quantitative estimate of drug-likeness (QED) is 0.494. The first-order valence-corrected chi connectivity index (χ1v) is 10.1. The number of carbonyl (C=O) groups is 2. The number of likely N-dealkylation sites (N-methyl/N-ethyl adjacent to an activating group) is 2. The van der Waals surface area contributed by atoms with Crippen molar-refractivity contribution in [2.75, 3.05) is 28.3 Å². The van der Waals surface area contributed by atoms with Gasteiger partial charge >= 0.3 is 0 Å². The number of hydrogen-bond acceptors (Lipinski definition) is 5. The van der Waals surface area contributed by atoms with E-state index in [0.29, 0.717) is 0 Å². The zero-order valence-corrected chi connectivity index (χ0v) is 19.3. The molecule has 0 unspecified atom stereocenters. The first-order chi connectivity index (χ1) is 12.9. The minimum Gasteiger partial charge on any atom is -0.379 e. The summed E-state index contributed by atoms with van der Waals surface area (Å²) in [6.07, 6.45) is 0.708. The van der Waals surface area contributed by atoms with Crippen LogP contribution in [0.1, 0.15) is 47.5 Å². The van der Waals surface area contributed by atoms with Crippen molar-refractivity contribution in [1.82, 2.24) is 15.1 Å². The van der Waals surface area contributed by atoms with Gasteiger partial charge in [0.2, 0.25) is 11.8 Å². The standard InChI is InChI=1S/C21H42N4O3/c1-11-14(4)20(17(28-10)12-18(22)26)25(9)16(6)15(5)23-21(27)19(13(2)3)24(7)8/h13-15,17,19-20H,6,11-12H2,1-5,7-10H3,(H2,22,26)(H,23,27)/t14-,15-,17+,19-,20-/m0/s1. The second-order valence-corrected chi connectivity index (χ2v) is 8.31. The first-order valence-electron chi connectivity index (χ1n) is 10.1. The van der Waals surface area contributed by atoms with Crippen LogP contribution in [0.2, 0.25) is 0 Å². The Morgan fingerprint density at radius 1 is 1.14 bits per heavy atom. The maximum Gasteiger partial charge on any atom is 0.238 e. The number of nitrogens with one attached hydrogen (secondary N) is 1. The van der Waals surface area contributed by atoms with Gasteiger partial charge in [-0.25, -0.2) is 0 Å². The molecule has 0 spiro atoms. The Morgan fingerprint density at radius 2 is 1.68 bits per heavy atom. The van der Waals surface area contributed by atoms with Crippen molar-refractivity contribution in [2.24, 2.45) is 17.6 Å². The molecule has 164 valence electrons. The summed E-state index contributed by atoms with van der Waals surface area (Å²) in [4.78, 5) is 28.2. The molecule has 0 aliphatic rings. The van der Waals surface area contributed by atoms with E-state index >= 15 is 0 Å². The van der Waals surface area contributed by atoms with Gasteiger partial charge in [0.15, 0.2) is 0 Å². The van der Waals surface area contributed by atoms with Gasteiger partial charge in [-0.3, -0.25) is 14.5 Å². The van der Waals surface area contributed by atoms with Gasteiger partial charge in [-0.1, -0.05) is 40.7 Å². The second kappa shape index (κ2) is 12.1. The molecule has 3 N–H and O–H groups in total. The summed E-state index contributed by atoms with van der Waals surface area (Å²) >= 11 is 0. The van der Waals surface area contributed by atoms with Crippen LogP contribution in [-0.2, 0) is 14.3 Å². The molecule has 0 rings (SSSR count). The average molecular weight is 399 g/mol. The molecule has 7 nitrogen and oxygen atoms in total. The van der Waals surface area contributed by atoms with Crippen LogP contribution in [0.15, 0.2) is 12.3 Å². The van der Waals surface area contributed by atoms with Crippen molar-refractivity contribution in [1.29, 1.82) is 0 Å². The summed E-state index contributed by atoms with van der Waals surface area (Å²) in [6, 6.07) is -0.548. The Labute approximate surface area is 171 Å². The number of carbonyl (C=O) groups excluding carboxylic acids is 2. The molecule has 0 saturated heterocycles. The number of primary amides is 1. The van der Waals surface area contributed by atoms with E-state index in [4.69, 9.17) is 10.5 Å². The fourth-order valence-electron chi connectivity index (χ4n) is 3.79. The Balaban J connectivity index is 5.42. The third kappa shape index (κ3) is 7.43. The molecule has 0 bridgehead atoms. The monoisotopic (exact) mass is 398 g/mol. The van der Waals surface area contributed by atoms with Crippen molar-refractivity contribution >= 4 is 11.8 Å². The first kappa shape index (κ1) is 26.4. The molecule has 0 aromatic rings. The van der Waals surface area contributed by atoms with Gasteiger partial charge in [-0.05, 0) is 32.9 Å². The van der Waals surface area contributed by atoms with E-state index in [1.807, 2.05) is 51.7 Å². The lowest BCUT2D eigenvalue weighted by molar-refractivity contribution is -0.127. The second-order valence-electron chi connectivity index (χ2n) is 8.31. The van der Waals surface area contributed by atoms with E-state index in [0.717, 1.165) is 12.1 Å². The van der Waals surface area contributed by atoms with Crippen LogP contribution in [0.4, 0.5) is 0 Å². The van der Waals surface area contributed by atoms with Crippen LogP contribution in [-0.4, -0.2) is 74.1 Å². The topological polar surface area (TPSA) is 87.9 Å². The SMILES string of the molecule is C=C([C@H](C)NC(=O)[C@H](C(C)C)N(C)C)N(C)[C@@H]([C@@H](C)CC)[C@@H](CC(N)=O)OC. The third-order valence-corrected chi connectivity index (χ3v) is 5.53. The maximum absolute atomic E-state index is 12.8. The highest BCUT2D eigenvalue weighted by Crippen LogP contribution is 2.25. The van der Waals surface area contributed by atoms with Crippen molar-refractivity contribution in [3.8, 4) is 0 Å². The number of nitrogens with zero attached hydrogens (tertiary/aromatic N) is 2. The van der Waals surface area contributed by atoms with E-state index < -0.39 is 5.91 Å². The lowest BCUT2D eigenvalue weighted by atomic mass is 9.90. The van der Waals surface area contributed by atoms with Crippen LogP contribution in [0.25, 0.3) is 0 Å². The number of amides is 2. The van der Waals surface area contributed by atoms with Gasteiger partial charge < -0.3 is 20.7 Å². The lowest BCUT2D eigenvalue weighted by Gasteiger charge is -2.41. The summed E-state index contributed by atoms with van der Waals surface area (Å²) in [6.45, 7) is 14.4. The van der Waals surface area contributed by atoms with E-state index in [1.54, 1.807) is 7.11 Å². The highest BCUT2D eigenvalue weighted by atomic mass is 16.5. The minimum atomic E-state index is -0.397. The number of hydrogen-bond donors (Lipinski definition) is 2. The normalized spacial score (nSPS) is 17.0. The molecule has 0 aliphatic carbocycles. The fourth-order valence-corrected chi connectivity index (χ4v) is 3.79. The summed E-state index contributed by atoms with van der Waals surface area (Å²) < 4.78 is 5.60. The smallest absolute Gasteiger partial charge is 0.238 e. The minimum absolute atomic E-state index is 0.0254. The Morgan fingerprint density at radius 3 is 2.04 bits per heavy atom. The third-order valence-electron chi connectivity index (χ3n) is 5.53. The molecule has 0 fully saturated rings. The summed E-state index contributed by atoms with van der Waals surface area (Å²) in [5.74, 6) is 0.0162. The molecular formula is C21H42N4O3.